The summed E-state index contributed by atoms with van der Waals surface area (Å²) in [6.07, 6.45) is 22.0. The molecule has 0 aromatic carbocycles. The third-order valence-electron chi connectivity index (χ3n) is 4.19. The molecular formula is C20H40O4P-. The van der Waals surface area contributed by atoms with E-state index in [2.05, 4.69) is 23.6 Å². The Morgan fingerprint density at radius 2 is 1.20 bits per heavy atom. The molecule has 0 aliphatic carbocycles. The van der Waals surface area contributed by atoms with Crippen molar-refractivity contribution in [3.8, 4) is 0 Å². The number of hydrogen-bond acceptors (Lipinski definition) is 4. The molecule has 1 atom stereocenters. The molecule has 5 heteroatoms. The molecule has 0 radical (unpaired) electrons. The van der Waals surface area contributed by atoms with Crippen LogP contribution in [0.4, 0.5) is 0 Å². The van der Waals surface area contributed by atoms with E-state index in [-0.39, 0.29) is 13.2 Å². The molecule has 0 amide bonds. The number of hydrogen-bond donors (Lipinski definition) is 0. The molecule has 0 aromatic rings. The van der Waals surface area contributed by atoms with Gasteiger partial charge >= 0.3 is 0 Å². The first kappa shape index (κ1) is 24.8. The molecule has 0 saturated heterocycles. The number of allylic oxidation sites excluding steroid dienone is 2. The molecule has 0 heterocycles. The highest BCUT2D eigenvalue weighted by Gasteiger charge is 2.06. The third-order valence-corrected chi connectivity index (χ3v) is 5.27. The Balaban J connectivity index is 3.21. The van der Waals surface area contributed by atoms with Crippen molar-refractivity contribution in [1.29, 1.82) is 0 Å². The van der Waals surface area contributed by atoms with Gasteiger partial charge in [-0.2, -0.15) is 0 Å². The van der Waals surface area contributed by atoms with Crippen LogP contribution in [0.2, 0.25) is 0 Å². The van der Waals surface area contributed by atoms with Gasteiger partial charge in [-0.3, -0.25) is 4.57 Å². The van der Waals surface area contributed by atoms with Crippen LogP contribution in [0.1, 0.15) is 104 Å². The van der Waals surface area contributed by atoms with Gasteiger partial charge in [0.25, 0.3) is 7.82 Å². The minimum atomic E-state index is -4.04. The Labute approximate surface area is 156 Å². The van der Waals surface area contributed by atoms with Crippen LogP contribution in [0.15, 0.2) is 12.2 Å². The highest BCUT2D eigenvalue weighted by Crippen LogP contribution is 2.37. The van der Waals surface area contributed by atoms with Gasteiger partial charge in [-0.1, -0.05) is 76.9 Å². The molecule has 0 aromatic heterocycles. The largest absolute Gasteiger partial charge is 0.756 e. The minimum absolute atomic E-state index is 0.133. The second kappa shape index (κ2) is 18.6. The zero-order valence-electron chi connectivity index (χ0n) is 16.5. The zero-order chi connectivity index (χ0) is 18.6. The smallest absolute Gasteiger partial charge is 0.267 e. The fourth-order valence-electron chi connectivity index (χ4n) is 2.72. The molecule has 0 aliphatic rings. The van der Waals surface area contributed by atoms with Crippen LogP contribution in [-0.2, 0) is 13.6 Å². The van der Waals surface area contributed by atoms with Gasteiger partial charge < -0.3 is 13.9 Å². The standard InChI is InChI=1S/C20H41O4P/c1-3-5-6-7-8-9-10-11-12-13-14-15-16-17-18-19-20-24-25(21,22)23-4-2/h11-12H,3-10,13-20H2,1-2H3,(H,21,22)/p-1. The van der Waals surface area contributed by atoms with Gasteiger partial charge in [-0.25, -0.2) is 0 Å². The number of phosphoric acid groups is 1. The Bertz CT molecular complexity index is 345. The average Bonchev–Trinajstić information content (AvgIpc) is 2.57. The lowest BCUT2D eigenvalue weighted by atomic mass is 10.1. The second-order valence-electron chi connectivity index (χ2n) is 6.64. The van der Waals surface area contributed by atoms with Crippen molar-refractivity contribution in [3.63, 3.8) is 0 Å². The van der Waals surface area contributed by atoms with Crippen molar-refractivity contribution in [2.75, 3.05) is 13.2 Å². The van der Waals surface area contributed by atoms with Gasteiger partial charge in [0.05, 0.1) is 13.2 Å². The molecule has 0 spiro atoms. The summed E-state index contributed by atoms with van der Waals surface area (Å²) in [6.45, 7) is 4.27. The lowest BCUT2D eigenvalue weighted by Crippen LogP contribution is -2.08. The normalized spacial score (nSPS) is 14.2. The van der Waals surface area contributed by atoms with Crippen LogP contribution < -0.4 is 4.89 Å². The molecule has 0 aliphatic heterocycles. The Hall–Kier alpha value is -0.150. The molecule has 0 saturated carbocycles. The SMILES string of the molecule is CCCCCCCCC=CCCCCCCCCOP(=O)([O-])OCC. The summed E-state index contributed by atoms with van der Waals surface area (Å²) in [4.78, 5) is 11.2. The number of unbranched alkanes of at least 4 members (excludes halogenated alkanes) is 12. The molecule has 1 unspecified atom stereocenters. The lowest BCUT2D eigenvalue weighted by Gasteiger charge is -2.21. The third kappa shape index (κ3) is 20.0. The van der Waals surface area contributed by atoms with E-state index in [1.165, 1.54) is 70.6 Å². The predicted molar refractivity (Wildman–Crippen MR) is 105 cm³/mol. The van der Waals surface area contributed by atoms with Crippen molar-refractivity contribution in [2.24, 2.45) is 0 Å². The Kier molecular flexibility index (Phi) is 18.5. The maximum absolute atomic E-state index is 11.2. The summed E-state index contributed by atoms with van der Waals surface area (Å²) >= 11 is 0. The average molecular weight is 376 g/mol. The Morgan fingerprint density at radius 1 is 0.720 bits per heavy atom. The fourth-order valence-corrected chi connectivity index (χ4v) is 3.46. The van der Waals surface area contributed by atoms with Gasteiger partial charge in [0, 0.05) is 0 Å². The summed E-state index contributed by atoms with van der Waals surface area (Å²) in [5, 5.41) is 0. The van der Waals surface area contributed by atoms with E-state index < -0.39 is 7.82 Å². The van der Waals surface area contributed by atoms with Crippen LogP contribution in [0.5, 0.6) is 0 Å². The van der Waals surface area contributed by atoms with Crippen molar-refractivity contribution in [2.45, 2.75) is 104 Å². The summed E-state index contributed by atoms with van der Waals surface area (Å²) in [7, 11) is -4.04. The first-order valence-corrected chi connectivity index (χ1v) is 11.8. The van der Waals surface area contributed by atoms with Crippen molar-refractivity contribution < 1.29 is 18.5 Å². The van der Waals surface area contributed by atoms with E-state index >= 15 is 0 Å². The highest BCUT2D eigenvalue weighted by atomic mass is 31.2. The zero-order valence-corrected chi connectivity index (χ0v) is 17.4. The minimum Gasteiger partial charge on any atom is -0.756 e. The fraction of sp³-hybridized carbons (Fsp3) is 0.900. The van der Waals surface area contributed by atoms with Gasteiger partial charge in [-0.05, 0) is 39.0 Å². The maximum atomic E-state index is 11.2. The molecule has 150 valence electrons. The lowest BCUT2D eigenvalue weighted by molar-refractivity contribution is -0.225. The van der Waals surface area contributed by atoms with E-state index in [1.807, 2.05) is 0 Å². The van der Waals surface area contributed by atoms with E-state index in [0.29, 0.717) is 0 Å². The quantitative estimate of drug-likeness (QED) is 0.146. The van der Waals surface area contributed by atoms with Crippen molar-refractivity contribution in [1.82, 2.24) is 0 Å². The summed E-state index contributed by atoms with van der Waals surface area (Å²) in [5.74, 6) is 0. The first-order chi connectivity index (χ1) is 12.1. The summed E-state index contributed by atoms with van der Waals surface area (Å²) in [6, 6.07) is 0. The molecule has 0 rings (SSSR count). The van der Waals surface area contributed by atoms with Gasteiger partial charge in [0.1, 0.15) is 0 Å². The number of rotatable bonds is 19. The van der Waals surface area contributed by atoms with E-state index in [4.69, 9.17) is 4.52 Å². The van der Waals surface area contributed by atoms with Crippen molar-refractivity contribution >= 4 is 7.82 Å². The predicted octanol–water partition coefficient (Wildman–Crippen LogP) is 6.55. The van der Waals surface area contributed by atoms with E-state index in [9.17, 15) is 9.46 Å². The highest BCUT2D eigenvalue weighted by molar-refractivity contribution is 7.45. The molecule has 0 fully saturated rings. The van der Waals surface area contributed by atoms with Crippen LogP contribution in [0.3, 0.4) is 0 Å². The summed E-state index contributed by atoms with van der Waals surface area (Å²) in [5.41, 5.74) is 0. The first-order valence-electron chi connectivity index (χ1n) is 10.4. The molecule has 0 bridgehead atoms. The van der Waals surface area contributed by atoms with Crippen LogP contribution in [0.25, 0.3) is 0 Å². The van der Waals surface area contributed by atoms with E-state index in [1.54, 1.807) is 6.92 Å². The topological polar surface area (TPSA) is 58.6 Å². The van der Waals surface area contributed by atoms with Crippen LogP contribution in [-0.4, -0.2) is 13.2 Å². The van der Waals surface area contributed by atoms with Crippen LogP contribution in [0, 0.1) is 0 Å². The van der Waals surface area contributed by atoms with E-state index in [0.717, 1.165) is 19.3 Å². The molecule has 4 nitrogen and oxygen atoms in total. The Morgan fingerprint density at radius 3 is 1.72 bits per heavy atom. The second-order valence-corrected chi connectivity index (χ2v) is 8.05. The maximum Gasteiger partial charge on any atom is 0.267 e. The summed E-state index contributed by atoms with van der Waals surface area (Å²) < 4.78 is 20.5. The van der Waals surface area contributed by atoms with Gasteiger partial charge in [-0.15, -0.1) is 0 Å². The number of phosphoric ester groups is 1. The van der Waals surface area contributed by atoms with Crippen molar-refractivity contribution in [3.05, 3.63) is 12.2 Å². The monoisotopic (exact) mass is 375 g/mol. The van der Waals surface area contributed by atoms with Gasteiger partial charge in [0.15, 0.2) is 0 Å². The molecule has 25 heavy (non-hydrogen) atoms. The van der Waals surface area contributed by atoms with Crippen LogP contribution >= 0.6 is 7.82 Å². The molecular weight excluding hydrogens is 335 g/mol. The van der Waals surface area contributed by atoms with Gasteiger partial charge in [0.2, 0.25) is 0 Å². The molecule has 0 N–H and O–H groups in total.